The van der Waals surface area contributed by atoms with Crippen LogP contribution in [0, 0.1) is 26.9 Å². The Morgan fingerprint density at radius 3 is 2.62 bits per heavy atom. The minimum atomic E-state index is -1.23. The van der Waals surface area contributed by atoms with E-state index in [2.05, 4.69) is 10.6 Å². The number of halogens is 4. The summed E-state index contributed by atoms with van der Waals surface area (Å²) < 4.78 is 43.4. The highest BCUT2D eigenvalue weighted by Gasteiger charge is 2.38. The lowest BCUT2D eigenvalue weighted by atomic mass is 9.95. The maximum Gasteiger partial charge on any atom is 0.256 e. The molecule has 32 heavy (non-hydrogen) atoms. The van der Waals surface area contributed by atoms with Crippen molar-refractivity contribution < 1.29 is 23.1 Å². The van der Waals surface area contributed by atoms with E-state index in [1.807, 2.05) is 29.5 Å². The van der Waals surface area contributed by atoms with Crippen molar-refractivity contribution in [1.29, 1.82) is 0 Å². The number of hydrogen-bond acceptors (Lipinski definition) is 4. The van der Waals surface area contributed by atoms with Crippen LogP contribution in [0.4, 0.5) is 24.5 Å². The van der Waals surface area contributed by atoms with Crippen LogP contribution in [-0.2, 0) is 0 Å². The molecule has 0 spiro atoms. The molecule has 2 fully saturated rings. The Bertz CT molecular complexity index is 1030. The zero-order chi connectivity index (χ0) is 23.0. The van der Waals surface area contributed by atoms with E-state index in [1.165, 1.54) is 18.2 Å². The minimum absolute atomic E-state index is 0.0399. The van der Waals surface area contributed by atoms with Crippen LogP contribution < -0.4 is 10.6 Å². The highest BCUT2D eigenvalue weighted by atomic mass is 127. The van der Waals surface area contributed by atoms with Gasteiger partial charge in [-0.25, -0.2) is 13.2 Å². The van der Waals surface area contributed by atoms with Gasteiger partial charge in [-0.2, -0.15) is 0 Å². The summed E-state index contributed by atoms with van der Waals surface area (Å²) in [5, 5.41) is 16.3. The summed E-state index contributed by atoms with van der Waals surface area (Å²) in [6.07, 6.45) is 2.67. The van der Waals surface area contributed by atoms with Crippen molar-refractivity contribution in [3.8, 4) is 0 Å². The number of amides is 1. The number of likely N-dealkylation sites (tertiary alicyclic amines) is 1. The van der Waals surface area contributed by atoms with Crippen LogP contribution in [0.3, 0.4) is 0 Å². The maximum absolute atomic E-state index is 14.6. The van der Waals surface area contributed by atoms with Crippen LogP contribution in [-0.4, -0.2) is 47.2 Å². The van der Waals surface area contributed by atoms with Crippen LogP contribution in [0.5, 0.6) is 0 Å². The van der Waals surface area contributed by atoms with Crippen molar-refractivity contribution in [2.24, 2.45) is 5.92 Å². The van der Waals surface area contributed by atoms with E-state index in [4.69, 9.17) is 0 Å². The molecule has 1 heterocycles. The fraction of sp³-hybridized carbons (Fsp3) is 0.435. The summed E-state index contributed by atoms with van der Waals surface area (Å²) in [4.78, 5) is 14.5. The molecule has 1 amide bonds. The second-order valence-electron chi connectivity index (χ2n) is 8.82. The van der Waals surface area contributed by atoms with Crippen LogP contribution in [0.15, 0.2) is 30.3 Å². The third-order valence-electron chi connectivity index (χ3n) is 6.34. The molecule has 1 aliphatic carbocycles. The molecule has 9 heteroatoms. The van der Waals surface area contributed by atoms with Gasteiger partial charge < -0.3 is 20.6 Å². The van der Waals surface area contributed by atoms with Crippen molar-refractivity contribution in [3.63, 3.8) is 0 Å². The number of aliphatic hydroxyl groups is 1. The molecule has 1 saturated carbocycles. The fourth-order valence-electron chi connectivity index (χ4n) is 4.39. The third kappa shape index (κ3) is 4.74. The molecule has 2 atom stereocenters. The van der Waals surface area contributed by atoms with Gasteiger partial charge in [-0.1, -0.05) is 0 Å². The first kappa shape index (κ1) is 23.3. The summed E-state index contributed by atoms with van der Waals surface area (Å²) in [7, 11) is 0. The average Bonchev–Trinajstić information content (AvgIpc) is 3.04. The van der Waals surface area contributed by atoms with E-state index in [1.54, 1.807) is 11.0 Å². The number of carbonyl (C=O) groups excluding carboxylic acids is 1. The number of anilines is 2. The number of rotatable bonds is 6. The van der Waals surface area contributed by atoms with Gasteiger partial charge in [0, 0.05) is 35.2 Å². The fourth-order valence-corrected chi connectivity index (χ4v) is 4.85. The molecule has 1 saturated heterocycles. The van der Waals surface area contributed by atoms with Crippen LogP contribution in [0.1, 0.15) is 36.5 Å². The number of carbonyl (C=O) groups is 1. The molecule has 2 aromatic rings. The smallest absolute Gasteiger partial charge is 0.256 e. The van der Waals surface area contributed by atoms with E-state index in [9.17, 15) is 23.1 Å². The van der Waals surface area contributed by atoms with Gasteiger partial charge in [0.05, 0.1) is 22.5 Å². The molecule has 2 aliphatic rings. The zero-order valence-electron chi connectivity index (χ0n) is 17.6. The number of nitrogens with one attached hydrogen (secondary N) is 2. The Morgan fingerprint density at radius 2 is 1.97 bits per heavy atom. The highest BCUT2D eigenvalue weighted by molar-refractivity contribution is 14.1. The molecule has 172 valence electrons. The van der Waals surface area contributed by atoms with Gasteiger partial charge in [-0.05, 0) is 79.1 Å². The van der Waals surface area contributed by atoms with E-state index in [0.29, 0.717) is 23.2 Å². The van der Waals surface area contributed by atoms with Gasteiger partial charge in [0.1, 0.15) is 5.82 Å². The molecule has 0 bridgehead atoms. The first-order valence-electron chi connectivity index (χ1n) is 10.6. The second kappa shape index (κ2) is 9.18. The minimum Gasteiger partial charge on any atom is -0.389 e. The lowest BCUT2D eigenvalue weighted by Crippen LogP contribution is -2.56. The van der Waals surface area contributed by atoms with E-state index in [0.717, 1.165) is 25.3 Å². The van der Waals surface area contributed by atoms with Gasteiger partial charge in [-0.15, -0.1) is 0 Å². The molecule has 4 rings (SSSR count). The van der Waals surface area contributed by atoms with Crippen molar-refractivity contribution in [2.75, 3.05) is 25.0 Å². The Labute approximate surface area is 198 Å². The summed E-state index contributed by atoms with van der Waals surface area (Å²) in [5.41, 5.74) is -1.18. The molecule has 0 aromatic heterocycles. The Kier molecular flexibility index (Phi) is 6.69. The standard InChI is InChI=1S/C23H25F3IN3O2/c1-23(32)8-2-3-19(23)28-10-13-11-30(12-13)22(31)15-5-6-16(24)20(26)21(15)29-18-7-4-14(27)9-17(18)25/h4-7,9,13,19,28-29,32H,2-3,8,10-12H2,1H3. The van der Waals surface area contributed by atoms with Crippen LogP contribution in [0.2, 0.25) is 0 Å². The molecule has 2 unspecified atom stereocenters. The molecule has 3 N–H and O–H groups in total. The first-order valence-corrected chi connectivity index (χ1v) is 11.7. The zero-order valence-corrected chi connectivity index (χ0v) is 19.8. The van der Waals surface area contributed by atoms with Gasteiger partial charge in [0.15, 0.2) is 11.6 Å². The summed E-state index contributed by atoms with van der Waals surface area (Å²) in [6.45, 7) is 3.44. The number of benzene rings is 2. The third-order valence-corrected chi connectivity index (χ3v) is 7.01. The lowest BCUT2D eigenvalue weighted by Gasteiger charge is -2.41. The average molecular weight is 559 g/mol. The van der Waals surface area contributed by atoms with Gasteiger partial charge in [0.25, 0.3) is 5.91 Å². The van der Waals surface area contributed by atoms with Crippen LogP contribution in [0.25, 0.3) is 0 Å². The first-order chi connectivity index (χ1) is 15.2. The second-order valence-corrected chi connectivity index (χ2v) is 10.1. The number of nitrogens with zero attached hydrogens (tertiary/aromatic N) is 1. The predicted octanol–water partition coefficient (Wildman–Crippen LogP) is 4.42. The molecular weight excluding hydrogens is 534 g/mol. The van der Waals surface area contributed by atoms with Crippen molar-refractivity contribution in [3.05, 3.63) is 56.9 Å². The molecular formula is C23H25F3IN3O2. The molecule has 0 radical (unpaired) electrons. The SMILES string of the molecule is CC1(O)CCCC1NCC1CN(C(=O)c2ccc(F)c(F)c2Nc2ccc(I)cc2F)C1. The normalized spacial score (nSPS) is 23.3. The topological polar surface area (TPSA) is 64.6 Å². The van der Waals surface area contributed by atoms with E-state index < -0.39 is 29.0 Å². The highest BCUT2D eigenvalue weighted by Crippen LogP contribution is 2.32. The van der Waals surface area contributed by atoms with Gasteiger partial charge in [-0.3, -0.25) is 4.79 Å². The predicted molar refractivity (Wildman–Crippen MR) is 124 cm³/mol. The largest absolute Gasteiger partial charge is 0.389 e. The summed E-state index contributed by atoms with van der Waals surface area (Å²) in [5.74, 6) is -3.20. The maximum atomic E-state index is 14.6. The quantitative estimate of drug-likeness (QED) is 0.459. The van der Waals surface area contributed by atoms with Crippen LogP contribution >= 0.6 is 22.6 Å². The number of hydrogen-bond donors (Lipinski definition) is 3. The van der Waals surface area contributed by atoms with Gasteiger partial charge in [0.2, 0.25) is 0 Å². The monoisotopic (exact) mass is 559 g/mol. The van der Waals surface area contributed by atoms with E-state index >= 15 is 0 Å². The molecule has 5 nitrogen and oxygen atoms in total. The van der Waals surface area contributed by atoms with Crippen molar-refractivity contribution in [2.45, 2.75) is 37.8 Å². The Hall–Kier alpha value is -1.85. The lowest BCUT2D eigenvalue weighted by molar-refractivity contribution is 0.0287. The Morgan fingerprint density at radius 1 is 1.22 bits per heavy atom. The Balaban J connectivity index is 1.43. The molecule has 2 aromatic carbocycles. The summed E-state index contributed by atoms with van der Waals surface area (Å²) in [6, 6.07) is 6.46. The van der Waals surface area contributed by atoms with E-state index in [-0.39, 0.29) is 28.9 Å². The molecule has 1 aliphatic heterocycles. The van der Waals surface area contributed by atoms with Crippen molar-refractivity contribution >= 4 is 39.9 Å². The van der Waals surface area contributed by atoms with Crippen molar-refractivity contribution in [1.82, 2.24) is 10.2 Å². The van der Waals surface area contributed by atoms with Gasteiger partial charge >= 0.3 is 0 Å². The summed E-state index contributed by atoms with van der Waals surface area (Å²) >= 11 is 1.94.